The Hall–Kier alpha value is 0.690. The first kappa shape index (κ1) is 12.7. The minimum absolute atomic E-state index is 0.970. The molecule has 2 heteroatoms. The Balaban J connectivity index is 2.73. The highest BCUT2D eigenvalue weighted by Crippen LogP contribution is 2.00. The van der Waals surface area contributed by atoms with Crippen LogP contribution < -0.4 is 0 Å². The summed E-state index contributed by atoms with van der Waals surface area (Å²) in [6.07, 6.45) is 7.76. The van der Waals surface area contributed by atoms with Gasteiger partial charge in [0, 0.05) is 13.2 Å². The second-order valence-electron chi connectivity index (χ2n) is 3.07. The van der Waals surface area contributed by atoms with Gasteiger partial charge in [0.2, 0.25) is 0 Å². The van der Waals surface area contributed by atoms with Crippen molar-refractivity contribution in [3.63, 3.8) is 0 Å². The van der Waals surface area contributed by atoms with Crippen molar-refractivity contribution in [3.05, 3.63) is 0 Å². The predicted octanol–water partition coefficient (Wildman–Crippen LogP) is 3.80. The third-order valence-corrected chi connectivity index (χ3v) is 2.58. The maximum absolute atomic E-state index is 5.48. The molecule has 0 saturated carbocycles. The van der Waals surface area contributed by atoms with Crippen LogP contribution in [0.25, 0.3) is 0 Å². The molecule has 0 aromatic heterocycles. The van der Waals surface area contributed by atoms with E-state index in [0.29, 0.717) is 0 Å². The Morgan fingerprint density at radius 3 is 2.17 bits per heavy atom. The Morgan fingerprint density at radius 2 is 1.58 bits per heavy atom. The molecule has 0 amide bonds. The zero-order chi connectivity index (χ0) is 9.07. The Kier molecular flexibility index (Phi) is 12.4. The number of ether oxygens (including phenoxy) is 1. The summed E-state index contributed by atoms with van der Waals surface area (Å²) in [4.78, 5) is 0. The van der Waals surface area contributed by atoms with Crippen LogP contribution in [0, 0.1) is 0 Å². The van der Waals surface area contributed by atoms with Crippen LogP contribution in [-0.4, -0.2) is 17.6 Å². The fraction of sp³-hybridized carbons (Fsp3) is 1.00. The minimum Gasteiger partial charge on any atom is -0.381 e. The summed E-state index contributed by atoms with van der Waals surface area (Å²) in [6.45, 7) is 4.17. The van der Waals surface area contributed by atoms with Gasteiger partial charge < -0.3 is 4.74 Å². The normalized spacial score (nSPS) is 10.5. The molecular weight excluding hydrogens is 263 g/mol. The van der Waals surface area contributed by atoms with Gasteiger partial charge in [-0.25, -0.2) is 0 Å². The molecule has 0 heterocycles. The number of unbranched alkanes of at least 4 members (excludes halogenated alkanes) is 4. The number of halogens is 1. The summed E-state index contributed by atoms with van der Waals surface area (Å²) in [5.41, 5.74) is 0. The summed E-state index contributed by atoms with van der Waals surface area (Å²) in [6, 6.07) is 0. The second kappa shape index (κ2) is 11.7. The average Bonchev–Trinajstić information content (AvgIpc) is 2.10. The molecule has 0 aromatic rings. The van der Waals surface area contributed by atoms with Gasteiger partial charge in [-0.05, 0) is 23.7 Å². The lowest BCUT2D eigenvalue weighted by Gasteiger charge is -2.02. The van der Waals surface area contributed by atoms with Crippen molar-refractivity contribution in [2.45, 2.75) is 45.4 Å². The first-order valence-electron chi connectivity index (χ1n) is 5.05. The molecule has 0 N–H and O–H groups in total. The van der Waals surface area contributed by atoms with Gasteiger partial charge >= 0.3 is 0 Å². The van der Waals surface area contributed by atoms with E-state index in [2.05, 4.69) is 29.5 Å². The molecule has 0 aliphatic carbocycles. The quantitative estimate of drug-likeness (QED) is 0.355. The van der Waals surface area contributed by atoms with E-state index in [0.717, 1.165) is 13.2 Å². The van der Waals surface area contributed by atoms with Gasteiger partial charge in [-0.2, -0.15) is 0 Å². The van der Waals surface area contributed by atoms with Crippen LogP contribution in [0.5, 0.6) is 0 Å². The van der Waals surface area contributed by atoms with E-state index in [-0.39, 0.29) is 0 Å². The van der Waals surface area contributed by atoms with Gasteiger partial charge in [0.05, 0.1) is 0 Å². The lowest BCUT2D eigenvalue weighted by molar-refractivity contribution is 0.126. The van der Waals surface area contributed by atoms with Crippen molar-refractivity contribution in [2.24, 2.45) is 0 Å². The van der Waals surface area contributed by atoms with Crippen molar-refractivity contribution in [2.75, 3.05) is 17.6 Å². The highest BCUT2D eigenvalue weighted by atomic mass is 127. The molecule has 74 valence electrons. The molecular formula is C10H21IO. The Morgan fingerprint density at radius 1 is 0.917 bits per heavy atom. The molecule has 0 radical (unpaired) electrons. The van der Waals surface area contributed by atoms with Crippen molar-refractivity contribution in [1.82, 2.24) is 0 Å². The molecule has 0 aromatic carbocycles. The van der Waals surface area contributed by atoms with E-state index in [4.69, 9.17) is 4.74 Å². The molecule has 0 aliphatic rings. The minimum atomic E-state index is 0.970. The van der Waals surface area contributed by atoms with Gasteiger partial charge in [-0.3, -0.25) is 0 Å². The number of hydrogen-bond acceptors (Lipinski definition) is 1. The van der Waals surface area contributed by atoms with E-state index < -0.39 is 0 Å². The third kappa shape index (κ3) is 10.7. The summed E-state index contributed by atoms with van der Waals surface area (Å²) in [7, 11) is 0. The highest BCUT2D eigenvalue weighted by molar-refractivity contribution is 14.1. The van der Waals surface area contributed by atoms with Gasteiger partial charge in [0.1, 0.15) is 0 Å². The van der Waals surface area contributed by atoms with Crippen LogP contribution in [0.4, 0.5) is 0 Å². The highest BCUT2D eigenvalue weighted by Gasteiger charge is 1.89. The van der Waals surface area contributed by atoms with Gasteiger partial charge in [-0.1, -0.05) is 48.8 Å². The van der Waals surface area contributed by atoms with E-state index >= 15 is 0 Å². The maximum Gasteiger partial charge on any atom is 0.0466 e. The molecule has 0 atom stereocenters. The van der Waals surface area contributed by atoms with Crippen molar-refractivity contribution < 1.29 is 4.74 Å². The van der Waals surface area contributed by atoms with Crippen LogP contribution in [0.1, 0.15) is 45.4 Å². The van der Waals surface area contributed by atoms with Crippen molar-refractivity contribution >= 4 is 22.6 Å². The molecule has 12 heavy (non-hydrogen) atoms. The lowest BCUT2D eigenvalue weighted by atomic mass is 10.2. The molecule has 0 fully saturated rings. The van der Waals surface area contributed by atoms with Crippen LogP contribution >= 0.6 is 22.6 Å². The smallest absolute Gasteiger partial charge is 0.0466 e. The largest absolute Gasteiger partial charge is 0.381 e. The van der Waals surface area contributed by atoms with Crippen LogP contribution in [0.2, 0.25) is 0 Å². The van der Waals surface area contributed by atoms with Crippen LogP contribution in [-0.2, 0) is 4.74 Å². The van der Waals surface area contributed by atoms with Gasteiger partial charge in [0.25, 0.3) is 0 Å². The number of alkyl halides is 1. The fourth-order valence-electron chi connectivity index (χ4n) is 1.03. The summed E-state index contributed by atoms with van der Waals surface area (Å²) < 4.78 is 6.77. The lowest BCUT2D eigenvalue weighted by Crippen LogP contribution is -1.96. The monoisotopic (exact) mass is 284 g/mol. The van der Waals surface area contributed by atoms with Gasteiger partial charge in [-0.15, -0.1) is 0 Å². The zero-order valence-corrected chi connectivity index (χ0v) is 10.3. The Labute approximate surface area is 90.4 Å². The first-order valence-corrected chi connectivity index (χ1v) is 6.58. The molecule has 0 spiro atoms. The zero-order valence-electron chi connectivity index (χ0n) is 8.15. The number of rotatable bonds is 9. The summed E-state index contributed by atoms with van der Waals surface area (Å²) in [5.74, 6) is 0. The maximum atomic E-state index is 5.48. The van der Waals surface area contributed by atoms with Crippen LogP contribution in [0.15, 0.2) is 0 Å². The first-order chi connectivity index (χ1) is 5.91. The van der Waals surface area contributed by atoms with Gasteiger partial charge in [0.15, 0.2) is 0 Å². The average molecular weight is 284 g/mol. The standard InChI is InChI=1S/C10H21IO/c1-2-3-6-9-12-10-7-4-5-8-11/h2-10H2,1H3. The second-order valence-corrected chi connectivity index (χ2v) is 4.15. The summed E-state index contributed by atoms with van der Waals surface area (Å²) in [5, 5.41) is 0. The van der Waals surface area contributed by atoms with Crippen molar-refractivity contribution in [3.8, 4) is 0 Å². The predicted molar refractivity (Wildman–Crippen MR) is 63.1 cm³/mol. The number of hydrogen-bond donors (Lipinski definition) is 0. The Bertz CT molecular complexity index is 66.2. The molecule has 0 aliphatic heterocycles. The molecule has 0 unspecified atom stereocenters. The van der Waals surface area contributed by atoms with Crippen molar-refractivity contribution in [1.29, 1.82) is 0 Å². The molecule has 0 rings (SSSR count). The van der Waals surface area contributed by atoms with E-state index in [1.165, 1.54) is 43.0 Å². The van der Waals surface area contributed by atoms with E-state index in [9.17, 15) is 0 Å². The summed E-state index contributed by atoms with van der Waals surface area (Å²) >= 11 is 2.43. The van der Waals surface area contributed by atoms with E-state index in [1.807, 2.05) is 0 Å². The molecule has 1 nitrogen and oxygen atoms in total. The molecule has 0 bridgehead atoms. The fourth-order valence-corrected chi connectivity index (χ4v) is 1.57. The third-order valence-electron chi connectivity index (χ3n) is 1.81. The molecule has 0 saturated heterocycles. The topological polar surface area (TPSA) is 9.23 Å². The van der Waals surface area contributed by atoms with Crippen LogP contribution in [0.3, 0.4) is 0 Å². The van der Waals surface area contributed by atoms with E-state index in [1.54, 1.807) is 0 Å². The SMILES string of the molecule is CCCCCOCCCCCI.